The van der Waals surface area contributed by atoms with E-state index in [4.69, 9.17) is 33.4 Å². The lowest BCUT2D eigenvalue weighted by Gasteiger charge is -2.37. The molecule has 61 heavy (non-hydrogen) atoms. The molecule has 6 heterocycles. The number of aliphatic imine (C=N–C) groups is 4. The molecule has 0 N–H and O–H groups in total. The summed E-state index contributed by atoms with van der Waals surface area (Å²) in [4.78, 5) is 32.8. The first-order valence-corrected chi connectivity index (χ1v) is 23.7. The highest BCUT2D eigenvalue weighted by Gasteiger charge is 2.51. The predicted molar refractivity (Wildman–Crippen MR) is 246 cm³/mol. The third-order valence-corrected chi connectivity index (χ3v) is 19.6. The van der Waals surface area contributed by atoms with Crippen molar-refractivity contribution in [3.63, 3.8) is 0 Å². The highest BCUT2D eigenvalue weighted by Crippen LogP contribution is 2.41. The van der Waals surface area contributed by atoms with E-state index in [1.807, 2.05) is 24.3 Å². The van der Waals surface area contributed by atoms with Crippen LogP contribution in [0.3, 0.4) is 0 Å². The smallest absolute Gasteiger partial charge is 0.499 e. The van der Waals surface area contributed by atoms with Gasteiger partial charge in [0.1, 0.15) is 22.6 Å². The molecule has 11 heteroatoms. The first-order chi connectivity index (χ1) is 30.2. The summed E-state index contributed by atoms with van der Waals surface area (Å²) in [6.45, 7) is 0. The molecule has 4 aliphatic heterocycles. The van der Waals surface area contributed by atoms with E-state index in [-0.39, 0.29) is 0 Å². The molecule has 0 fully saturated rings. The second kappa shape index (κ2) is 13.3. The van der Waals surface area contributed by atoms with Crippen molar-refractivity contribution in [2.24, 2.45) is 30.0 Å². The van der Waals surface area contributed by atoms with Gasteiger partial charge >= 0.3 is 14.9 Å². The molecule has 284 valence electrons. The van der Waals surface area contributed by atoms with Crippen molar-refractivity contribution in [2.75, 3.05) is 0 Å². The maximum Gasteiger partial charge on any atom is 0.799 e. The van der Waals surface area contributed by atoms with Gasteiger partial charge in [-0.3, -0.25) is 0 Å². The number of amidine groups is 4. The van der Waals surface area contributed by atoms with Crippen molar-refractivity contribution in [2.45, 2.75) is 0 Å². The fraction of sp³-hybridized carbons (Fsp3) is 0. The monoisotopic (exact) mass is 814 g/mol. The van der Waals surface area contributed by atoms with Crippen LogP contribution in [0.5, 0.6) is 0 Å². The average Bonchev–Trinajstić information content (AvgIpc) is 4.04. The molecule has 9 nitrogen and oxygen atoms in total. The molecule has 0 spiro atoms. The van der Waals surface area contributed by atoms with E-state index >= 15 is 0 Å². The second-order valence-corrected chi connectivity index (χ2v) is 21.1. The molecule has 0 saturated heterocycles. The van der Waals surface area contributed by atoms with Gasteiger partial charge in [-0.1, -0.05) is 188 Å². The van der Waals surface area contributed by atoms with E-state index in [9.17, 15) is 0 Å². The van der Waals surface area contributed by atoms with Crippen LogP contribution in [-0.2, 0) is 3.48 Å². The zero-order chi connectivity index (χ0) is 40.1. The summed E-state index contributed by atoms with van der Waals surface area (Å²) < 4.78 is 13.1. The minimum atomic E-state index is -3.46. The number of fused-ring (bicyclic) bond motifs is 14. The Morgan fingerprint density at radius 1 is 0.328 bits per heavy atom. The van der Waals surface area contributed by atoms with Crippen molar-refractivity contribution >= 4 is 95.3 Å². The largest absolute Gasteiger partial charge is 0.799 e. The van der Waals surface area contributed by atoms with E-state index in [0.717, 1.165) is 59.4 Å². The Bertz CT molecular complexity index is 3310. The van der Waals surface area contributed by atoms with E-state index < -0.39 is 23.2 Å². The normalized spacial score (nSPS) is 14.6. The lowest BCUT2D eigenvalue weighted by atomic mass is 10.1. The van der Waals surface area contributed by atoms with Crippen LogP contribution in [0.1, 0.15) is 22.3 Å². The first kappa shape index (κ1) is 34.5. The number of rotatable bonds is 5. The fourth-order valence-corrected chi connectivity index (χ4v) is 18.0. The third-order valence-electron chi connectivity index (χ3n) is 12.1. The highest BCUT2D eigenvalue weighted by molar-refractivity contribution is 7.09. The molecule has 0 atom stereocenters. The molecule has 4 aliphatic rings. The van der Waals surface area contributed by atoms with E-state index in [0.29, 0.717) is 46.0 Å². The summed E-state index contributed by atoms with van der Waals surface area (Å²) in [5.74, 6) is 3.80. The lowest BCUT2D eigenvalue weighted by molar-refractivity contribution is 0.551. The van der Waals surface area contributed by atoms with Crippen molar-refractivity contribution in [3.05, 3.63) is 221 Å². The van der Waals surface area contributed by atoms with Crippen LogP contribution in [0.25, 0.3) is 21.5 Å². The number of nitrogens with zero attached hydrogens (tertiary/aromatic N) is 8. The molecule has 6 bridgehead atoms. The van der Waals surface area contributed by atoms with Crippen molar-refractivity contribution in [1.82, 2.24) is 7.10 Å². The molecule has 2 aromatic heterocycles. The first-order valence-electron chi connectivity index (χ1n) is 20.3. The molecule has 0 saturated carbocycles. The number of hydrogen-bond donors (Lipinski definition) is 0. The van der Waals surface area contributed by atoms with Gasteiger partial charge < -0.3 is 10.6 Å². The van der Waals surface area contributed by atoms with Crippen molar-refractivity contribution in [3.8, 4) is 0 Å². The van der Waals surface area contributed by atoms with E-state index in [1.165, 1.54) is 0 Å². The Balaban J connectivity index is 1.28. The number of aromatic nitrogens is 2. The Morgan fingerprint density at radius 3 is 1.05 bits per heavy atom. The Morgan fingerprint density at radius 2 is 0.656 bits per heavy atom. The van der Waals surface area contributed by atoms with Gasteiger partial charge in [0.2, 0.25) is 0 Å². The molecule has 0 amide bonds. The van der Waals surface area contributed by atoms with Gasteiger partial charge in [0.15, 0.2) is 23.3 Å². The molecular formula is C50H31AlN8OSi. The summed E-state index contributed by atoms with van der Waals surface area (Å²) in [7, 11) is -3.46. The van der Waals surface area contributed by atoms with Crippen LogP contribution in [0.2, 0.25) is 0 Å². The molecule has 0 aliphatic carbocycles. The molecule has 0 radical (unpaired) electrons. The summed E-state index contributed by atoms with van der Waals surface area (Å²) in [6.07, 6.45) is 0. The Kier molecular flexibility index (Phi) is 7.52. The maximum atomic E-state index is 8.54. The number of benzene rings is 7. The second-order valence-electron chi connectivity index (χ2n) is 15.4. The summed E-state index contributed by atoms with van der Waals surface area (Å²) in [6, 6.07) is 65.5. The zero-order valence-electron chi connectivity index (χ0n) is 32.5. The van der Waals surface area contributed by atoms with Gasteiger partial charge in [-0.15, -0.1) is 0 Å². The van der Waals surface area contributed by atoms with Gasteiger partial charge in [0, 0.05) is 43.8 Å². The van der Waals surface area contributed by atoms with Crippen LogP contribution in [0, 0.1) is 0 Å². The summed E-state index contributed by atoms with van der Waals surface area (Å²) in [5, 5.41) is 7.09. The minimum Gasteiger partial charge on any atom is -0.499 e. The van der Waals surface area contributed by atoms with Crippen LogP contribution >= 0.6 is 0 Å². The predicted octanol–water partition coefficient (Wildman–Crippen LogP) is 6.60. The molecular weight excluding hydrogens is 784 g/mol. The maximum absolute atomic E-state index is 8.54. The minimum absolute atomic E-state index is 0.594. The van der Waals surface area contributed by atoms with Crippen LogP contribution < -0.4 is 26.5 Å². The molecule has 7 aromatic carbocycles. The fourth-order valence-electron chi connectivity index (χ4n) is 9.37. The quantitative estimate of drug-likeness (QED) is 0.142. The molecule has 0 unspecified atom stereocenters. The van der Waals surface area contributed by atoms with Crippen molar-refractivity contribution in [1.29, 1.82) is 0 Å². The highest BCUT2D eigenvalue weighted by atomic mass is 28.4. The van der Waals surface area contributed by atoms with Crippen molar-refractivity contribution < 1.29 is 3.48 Å². The van der Waals surface area contributed by atoms with Crippen LogP contribution in [0.15, 0.2) is 218 Å². The Labute approximate surface area is 355 Å². The van der Waals surface area contributed by atoms with Gasteiger partial charge in [-0.2, -0.15) is 0 Å². The van der Waals surface area contributed by atoms with E-state index in [1.54, 1.807) is 0 Å². The Hall–Kier alpha value is -7.39. The summed E-state index contributed by atoms with van der Waals surface area (Å²) >= 11 is -3.29. The number of hydrogen-bond acceptors (Lipinski definition) is 7. The van der Waals surface area contributed by atoms with Gasteiger partial charge in [-0.25, -0.2) is 30.0 Å². The van der Waals surface area contributed by atoms with Gasteiger partial charge in [0.05, 0.1) is 0 Å². The van der Waals surface area contributed by atoms with Gasteiger partial charge in [-0.05, 0) is 15.6 Å². The topological polar surface area (TPSA) is 93.2 Å². The average molecular weight is 815 g/mol. The standard InChI is InChI=1S/C32H16N8.C18H15OSi.Al/c1-2-10-18-17(9-1)25-33-26(18)38-28-21-13-5-6-14-22(21)30(35-28)40-32-24-16-8-7-15-23(24)31(36-32)39-29-20-12-4-3-11-19(20)27(34-29)37-25;19-20(16-10-4-1-5-11-16,17-12-6-2-7-13-17)18-14-8-3-9-15-18;/h1-16H;1-15H;/q-2;-1;+3. The lowest BCUT2D eigenvalue weighted by Crippen LogP contribution is -2.73. The van der Waals surface area contributed by atoms with Crippen LogP contribution in [0.4, 0.5) is 11.6 Å². The SMILES string of the molecule is c1ccc([Si]([O][Al]2[n]3c4c5ccccc5c3N=C3N=C(N=c5c6ccccc6c([n]52)=NC2=NC(=N4)c4ccccc42)c2ccccc23)(c2ccccc2)c2ccccc2)cc1. The third kappa shape index (κ3) is 5.03. The molecule has 9 aromatic rings. The summed E-state index contributed by atoms with van der Waals surface area (Å²) in [5.41, 5.74) is 5.11. The van der Waals surface area contributed by atoms with E-state index in [2.05, 4.69) is 171 Å². The van der Waals surface area contributed by atoms with Gasteiger partial charge in [0.25, 0.3) is 8.32 Å². The molecule has 13 rings (SSSR count). The van der Waals surface area contributed by atoms with Crippen LogP contribution in [-0.4, -0.2) is 53.7 Å². The zero-order valence-corrected chi connectivity index (χ0v) is 34.6.